The lowest BCUT2D eigenvalue weighted by molar-refractivity contribution is 0.174. The molecule has 4 rings (SSSR count). The summed E-state index contributed by atoms with van der Waals surface area (Å²) in [5.41, 5.74) is 2.51. The number of aromatic nitrogens is 2. The predicted molar refractivity (Wildman–Crippen MR) is 100 cm³/mol. The van der Waals surface area contributed by atoms with Crippen molar-refractivity contribution < 1.29 is 13.9 Å². The Labute approximate surface area is 154 Å². The summed E-state index contributed by atoms with van der Waals surface area (Å²) in [7, 11) is 0. The highest BCUT2D eigenvalue weighted by Gasteiger charge is 2.13. The Kier molecular flexibility index (Phi) is 4.40. The second-order valence-electron chi connectivity index (χ2n) is 5.70. The molecule has 2 N–H and O–H groups in total. The summed E-state index contributed by atoms with van der Waals surface area (Å²) < 4.78 is 25.3. The zero-order chi connectivity index (χ0) is 17.9. The molecule has 0 fully saturated rings. The molecule has 132 valence electrons. The van der Waals surface area contributed by atoms with Crippen molar-refractivity contribution in [1.29, 1.82) is 0 Å². The van der Waals surface area contributed by atoms with E-state index in [1.165, 1.54) is 12.1 Å². The molecule has 6 nitrogen and oxygen atoms in total. The molecule has 0 spiro atoms. The molecular formula is C18H15FN4O2S. The van der Waals surface area contributed by atoms with E-state index in [1.807, 2.05) is 24.4 Å². The van der Waals surface area contributed by atoms with E-state index in [4.69, 9.17) is 21.7 Å². The van der Waals surface area contributed by atoms with E-state index in [0.29, 0.717) is 17.4 Å². The zero-order valence-electron chi connectivity index (χ0n) is 13.6. The Balaban J connectivity index is 1.36. The van der Waals surface area contributed by atoms with Crippen molar-refractivity contribution in [2.75, 3.05) is 17.4 Å². The maximum Gasteiger partial charge on any atom is 0.231 e. The third-order valence-electron chi connectivity index (χ3n) is 3.78. The van der Waals surface area contributed by atoms with Crippen molar-refractivity contribution in [1.82, 2.24) is 9.78 Å². The Morgan fingerprint density at radius 2 is 1.85 bits per heavy atom. The average molecular weight is 370 g/mol. The molecule has 1 aliphatic heterocycles. The van der Waals surface area contributed by atoms with Gasteiger partial charge in [-0.05, 0) is 42.0 Å². The summed E-state index contributed by atoms with van der Waals surface area (Å²) in [5, 5.41) is 10.9. The molecule has 3 aromatic rings. The maximum atomic E-state index is 13.0. The van der Waals surface area contributed by atoms with Crippen molar-refractivity contribution in [3.8, 4) is 11.5 Å². The molecule has 1 aliphatic rings. The van der Waals surface area contributed by atoms with E-state index in [2.05, 4.69) is 15.7 Å². The maximum absolute atomic E-state index is 13.0. The number of benzene rings is 2. The Morgan fingerprint density at radius 1 is 1.08 bits per heavy atom. The van der Waals surface area contributed by atoms with Crippen molar-refractivity contribution in [2.24, 2.45) is 0 Å². The molecule has 0 radical (unpaired) electrons. The summed E-state index contributed by atoms with van der Waals surface area (Å²) in [4.78, 5) is 0. The van der Waals surface area contributed by atoms with Crippen LogP contribution in [0.25, 0.3) is 0 Å². The summed E-state index contributed by atoms with van der Waals surface area (Å²) in [5.74, 6) is 1.15. The summed E-state index contributed by atoms with van der Waals surface area (Å²) in [6, 6.07) is 11.8. The topological polar surface area (TPSA) is 60.3 Å². The normalized spacial score (nSPS) is 12.0. The van der Waals surface area contributed by atoms with Crippen LogP contribution >= 0.6 is 12.2 Å². The molecule has 0 atom stereocenters. The fraction of sp³-hybridized carbons (Fsp3) is 0.111. The van der Waals surface area contributed by atoms with E-state index in [0.717, 1.165) is 22.7 Å². The predicted octanol–water partition coefficient (Wildman–Crippen LogP) is 3.61. The Morgan fingerprint density at radius 3 is 2.69 bits per heavy atom. The highest BCUT2D eigenvalue weighted by molar-refractivity contribution is 7.80. The summed E-state index contributed by atoms with van der Waals surface area (Å²) >= 11 is 5.33. The summed E-state index contributed by atoms with van der Waals surface area (Å²) in [6.45, 7) is 0.777. The van der Waals surface area contributed by atoms with Gasteiger partial charge >= 0.3 is 0 Å². The van der Waals surface area contributed by atoms with Gasteiger partial charge in [0.25, 0.3) is 0 Å². The first-order chi connectivity index (χ1) is 12.7. The Hall–Kier alpha value is -3.13. The van der Waals surface area contributed by atoms with Gasteiger partial charge in [0.1, 0.15) is 5.82 Å². The van der Waals surface area contributed by atoms with E-state index in [-0.39, 0.29) is 12.6 Å². The lowest BCUT2D eigenvalue weighted by atomic mass is 10.2. The van der Waals surface area contributed by atoms with Crippen LogP contribution in [0.5, 0.6) is 11.5 Å². The smallest absolute Gasteiger partial charge is 0.231 e. The van der Waals surface area contributed by atoms with Gasteiger partial charge in [0.2, 0.25) is 6.79 Å². The van der Waals surface area contributed by atoms with E-state index >= 15 is 0 Å². The summed E-state index contributed by atoms with van der Waals surface area (Å²) in [6.07, 6.45) is 3.51. The molecule has 0 amide bonds. The van der Waals surface area contributed by atoms with Gasteiger partial charge in [-0.3, -0.25) is 4.68 Å². The van der Waals surface area contributed by atoms with E-state index in [9.17, 15) is 4.39 Å². The van der Waals surface area contributed by atoms with Crippen molar-refractivity contribution in [3.05, 3.63) is 66.2 Å². The second kappa shape index (κ2) is 7.01. The molecule has 0 unspecified atom stereocenters. The highest BCUT2D eigenvalue weighted by atomic mass is 32.1. The SMILES string of the molecule is Fc1ccc(Cn2cc(NC(=S)Nc3ccc4c(c3)OCO4)cn2)cc1. The number of hydrogen-bond donors (Lipinski definition) is 2. The van der Waals surface area contributed by atoms with Gasteiger partial charge in [0, 0.05) is 18.0 Å². The minimum absolute atomic E-state index is 0.231. The molecule has 0 bridgehead atoms. The van der Waals surface area contributed by atoms with Crippen LogP contribution in [-0.4, -0.2) is 21.7 Å². The first kappa shape index (κ1) is 16.3. The lowest BCUT2D eigenvalue weighted by Gasteiger charge is -2.09. The van der Waals surface area contributed by atoms with Crippen LogP contribution in [0, 0.1) is 5.82 Å². The molecule has 26 heavy (non-hydrogen) atoms. The number of anilines is 2. The number of rotatable bonds is 4. The first-order valence-electron chi connectivity index (χ1n) is 7.90. The number of nitrogens with zero attached hydrogens (tertiary/aromatic N) is 2. The monoisotopic (exact) mass is 370 g/mol. The molecular weight excluding hydrogens is 355 g/mol. The van der Waals surface area contributed by atoms with Crippen LogP contribution in [0.4, 0.5) is 15.8 Å². The molecule has 8 heteroatoms. The van der Waals surface area contributed by atoms with Crippen molar-refractivity contribution >= 4 is 28.7 Å². The fourth-order valence-corrected chi connectivity index (χ4v) is 2.79. The minimum Gasteiger partial charge on any atom is -0.454 e. The lowest BCUT2D eigenvalue weighted by Crippen LogP contribution is -2.18. The molecule has 0 saturated heterocycles. The zero-order valence-corrected chi connectivity index (χ0v) is 14.4. The fourth-order valence-electron chi connectivity index (χ4n) is 2.56. The quantitative estimate of drug-likeness (QED) is 0.684. The third-order valence-corrected chi connectivity index (χ3v) is 3.98. The van der Waals surface area contributed by atoms with Gasteiger partial charge in [-0.25, -0.2) is 4.39 Å². The molecule has 0 saturated carbocycles. The van der Waals surface area contributed by atoms with E-state index in [1.54, 1.807) is 23.0 Å². The van der Waals surface area contributed by atoms with Crippen molar-refractivity contribution in [2.45, 2.75) is 6.54 Å². The van der Waals surface area contributed by atoms with Crippen LogP contribution in [0.2, 0.25) is 0 Å². The number of fused-ring (bicyclic) bond motifs is 1. The largest absolute Gasteiger partial charge is 0.454 e. The molecule has 2 aromatic carbocycles. The Bertz CT molecular complexity index is 943. The van der Waals surface area contributed by atoms with Gasteiger partial charge < -0.3 is 20.1 Å². The third kappa shape index (κ3) is 3.75. The minimum atomic E-state index is -0.253. The van der Waals surface area contributed by atoms with Gasteiger partial charge in [-0.15, -0.1) is 0 Å². The number of hydrogen-bond acceptors (Lipinski definition) is 4. The van der Waals surface area contributed by atoms with Gasteiger partial charge in [-0.2, -0.15) is 5.10 Å². The van der Waals surface area contributed by atoms with E-state index < -0.39 is 0 Å². The number of ether oxygens (including phenoxy) is 2. The molecule has 2 heterocycles. The second-order valence-corrected chi connectivity index (χ2v) is 6.11. The first-order valence-corrected chi connectivity index (χ1v) is 8.31. The van der Waals surface area contributed by atoms with Crippen LogP contribution in [0.15, 0.2) is 54.9 Å². The van der Waals surface area contributed by atoms with Crippen LogP contribution in [0.1, 0.15) is 5.56 Å². The van der Waals surface area contributed by atoms with Crippen LogP contribution < -0.4 is 20.1 Å². The molecule has 1 aromatic heterocycles. The van der Waals surface area contributed by atoms with Crippen LogP contribution in [0.3, 0.4) is 0 Å². The van der Waals surface area contributed by atoms with Crippen molar-refractivity contribution in [3.63, 3.8) is 0 Å². The number of nitrogens with one attached hydrogen (secondary N) is 2. The highest BCUT2D eigenvalue weighted by Crippen LogP contribution is 2.34. The van der Waals surface area contributed by atoms with Gasteiger partial charge in [0.05, 0.1) is 18.4 Å². The number of halogens is 1. The average Bonchev–Trinajstić information content (AvgIpc) is 3.25. The number of thiocarbonyl (C=S) groups is 1. The van der Waals surface area contributed by atoms with Crippen LogP contribution in [-0.2, 0) is 6.54 Å². The molecule has 0 aliphatic carbocycles. The standard InChI is InChI=1S/C18H15FN4O2S/c19-13-3-1-12(2-4-13)9-23-10-15(8-20-23)22-18(26)21-14-5-6-16-17(7-14)25-11-24-16/h1-8,10H,9,11H2,(H2,21,22,26). The van der Waals surface area contributed by atoms with Gasteiger partial charge in [0.15, 0.2) is 16.6 Å². The van der Waals surface area contributed by atoms with Gasteiger partial charge in [-0.1, -0.05) is 12.1 Å².